The van der Waals surface area contributed by atoms with E-state index in [2.05, 4.69) is 13.0 Å². The molecule has 3 nitrogen and oxygen atoms in total. The second kappa shape index (κ2) is 5.43. The highest BCUT2D eigenvalue weighted by molar-refractivity contribution is 7.17. The van der Waals surface area contributed by atoms with Crippen LogP contribution >= 0.6 is 11.3 Å². The van der Waals surface area contributed by atoms with Crippen molar-refractivity contribution >= 4 is 17.2 Å². The Morgan fingerprint density at radius 3 is 3.09 bits per heavy atom. The summed E-state index contributed by atoms with van der Waals surface area (Å²) in [5.41, 5.74) is 2.25. The minimum absolute atomic E-state index is 0.184. The van der Waals surface area contributed by atoms with Crippen LogP contribution in [0.2, 0.25) is 0 Å². The van der Waals surface area contributed by atoms with Crippen LogP contribution in [0.15, 0.2) is 30.3 Å². The summed E-state index contributed by atoms with van der Waals surface area (Å²) in [5.74, 6) is 1.71. The van der Waals surface area contributed by atoms with E-state index in [-0.39, 0.29) is 5.91 Å². The molecule has 1 aromatic carbocycles. The highest BCUT2D eigenvalue weighted by Gasteiger charge is 2.26. The lowest BCUT2D eigenvalue weighted by atomic mass is 10.00. The van der Waals surface area contributed by atoms with Crippen LogP contribution in [0.1, 0.15) is 35.0 Å². The molecule has 0 aliphatic carbocycles. The Hall–Kier alpha value is -1.81. The zero-order valence-electron chi connectivity index (χ0n) is 12.7. The normalized spacial score (nSPS) is 20.0. The van der Waals surface area contributed by atoms with Gasteiger partial charge in [0.05, 0.1) is 4.88 Å². The first kappa shape index (κ1) is 13.8. The molecule has 0 N–H and O–H groups in total. The number of thiophene rings is 1. The Bertz CT molecular complexity index is 722. The lowest BCUT2D eigenvalue weighted by molar-refractivity contribution is 0.0688. The number of rotatable bonds is 1. The van der Waals surface area contributed by atoms with E-state index in [4.69, 9.17) is 4.74 Å². The number of piperidine rings is 1. The monoisotopic (exact) mass is 313 g/mol. The molecule has 1 saturated heterocycles. The first-order chi connectivity index (χ1) is 10.7. The van der Waals surface area contributed by atoms with E-state index in [0.29, 0.717) is 12.5 Å². The third kappa shape index (κ3) is 2.31. The van der Waals surface area contributed by atoms with Gasteiger partial charge >= 0.3 is 0 Å². The first-order valence-electron chi connectivity index (χ1n) is 7.86. The molecule has 0 spiro atoms. The van der Waals surface area contributed by atoms with Crippen molar-refractivity contribution in [1.29, 1.82) is 0 Å². The van der Waals surface area contributed by atoms with Crippen LogP contribution < -0.4 is 4.74 Å². The minimum Gasteiger partial charge on any atom is -0.488 e. The molecule has 1 amide bonds. The average molecular weight is 313 g/mol. The van der Waals surface area contributed by atoms with Crippen molar-refractivity contribution in [3.05, 3.63) is 40.8 Å². The molecule has 0 unspecified atom stereocenters. The maximum Gasteiger partial charge on any atom is 0.263 e. The van der Waals surface area contributed by atoms with E-state index in [1.807, 2.05) is 29.2 Å². The van der Waals surface area contributed by atoms with Gasteiger partial charge in [-0.25, -0.2) is 0 Å². The standard InChI is InChI=1S/C18H19NO2S/c1-12-5-4-8-19(10-12)18(20)16-9-13-11-21-15-7-3-2-6-14(15)17(13)22-16/h2-3,6-7,9,12H,4-5,8,10-11H2,1H3/t12-/m0/s1. The van der Waals surface area contributed by atoms with E-state index in [1.54, 1.807) is 11.3 Å². The van der Waals surface area contributed by atoms with Gasteiger partial charge in [0.15, 0.2) is 0 Å². The van der Waals surface area contributed by atoms with Gasteiger partial charge in [0, 0.05) is 29.1 Å². The summed E-state index contributed by atoms with van der Waals surface area (Å²) in [4.78, 5) is 16.8. The fraction of sp³-hybridized carbons (Fsp3) is 0.389. The lowest BCUT2D eigenvalue weighted by Gasteiger charge is -2.30. The van der Waals surface area contributed by atoms with Crippen LogP contribution in [0.3, 0.4) is 0 Å². The van der Waals surface area contributed by atoms with Crippen LogP contribution in [0, 0.1) is 5.92 Å². The summed E-state index contributed by atoms with van der Waals surface area (Å²) in [5, 5.41) is 0. The van der Waals surface area contributed by atoms with E-state index in [9.17, 15) is 4.79 Å². The molecule has 1 fully saturated rings. The maximum atomic E-state index is 12.8. The number of nitrogens with zero attached hydrogens (tertiary/aromatic N) is 1. The third-order valence-corrected chi connectivity index (χ3v) is 5.68. The predicted octanol–water partition coefficient (Wildman–Crippen LogP) is 4.18. The van der Waals surface area contributed by atoms with E-state index in [1.165, 1.54) is 11.3 Å². The number of carbonyl (C=O) groups is 1. The number of para-hydroxylation sites is 1. The van der Waals surface area contributed by atoms with Gasteiger partial charge < -0.3 is 9.64 Å². The molecule has 1 aromatic heterocycles. The van der Waals surface area contributed by atoms with Crippen molar-refractivity contribution in [2.45, 2.75) is 26.4 Å². The van der Waals surface area contributed by atoms with Crippen LogP contribution in [0.5, 0.6) is 5.75 Å². The Morgan fingerprint density at radius 1 is 1.36 bits per heavy atom. The second-order valence-electron chi connectivity index (χ2n) is 6.25. The summed E-state index contributed by atoms with van der Waals surface area (Å²) < 4.78 is 5.79. The second-order valence-corrected chi connectivity index (χ2v) is 7.30. The summed E-state index contributed by atoms with van der Waals surface area (Å²) >= 11 is 1.61. The van der Waals surface area contributed by atoms with Gasteiger partial charge in [0.2, 0.25) is 0 Å². The molecule has 4 rings (SSSR count). The van der Waals surface area contributed by atoms with Gasteiger partial charge in [-0.1, -0.05) is 19.1 Å². The van der Waals surface area contributed by atoms with Gasteiger partial charge in [-0.2, -0.15) is 0 Å². The van der Waals surface area contributed by atoms with Gasteiger partial charge in [-0.15, -0.1) is 11.3 Å². The average Bonchev–Trinajstić information content (AvgIpc) is 2.99. The largest absolute Gasteiger partial charge is 0.488 e. The van der Waals surface area contributed by atoms with Crippen molar-refractivity contribution in [1.82, 2.24) is 4.90 Å². The molecule has 3 heterocycles. The number of fused-ring (bicyclic) bond motifs is 3. The van der Waals surface area contributed by atoms with E-state index in [0.717, 1.165) is 41.3 Å². The molecule has 114 valence electrons. The van der Waals surface area contributed by atoms with Crippen molar-refractivity contribution in [3.63, 3.8) is 0 Å². The number of likely N-dealkylation sites (tertiary alicyclic amines) is 1. The summed E-state index contributed by atoms with van der Waals surface area (Å²) in [6.07, 6.45) is 2.34. The Balaban J connectivity index is 1.66. The van der Waals surface area contributed by atoms with Crippen molar-refractivity contribution < 1.29 is 9.53 Å². The fourth-order valence-corrected chi connectivity index (χ4v) is 4.50. The number of benzene rings is 1. The molecule has 2 aromatic rings. The molecular formula is C18H19NO2S. The molecule has 4 heteroatoms. The first-order valence-corrected chi connectivity index (χ1v) is 8.68. The molecule has 1 atom stereocenters. The van der Waals surface area contributed by atoms with Gasteiger partial charge in [-0.05, 0) is 37.0 Å². The van der Waals surface area contributed by atoms with Gasteiger partial charge in [-0.3, -0.25) is 4.79 Å². The summed E-state index contributed by atoms with van der Waals surface area (Å²) in [6.45, 7) is 4.56. The van der Waals surface area contributed by atoms with E-state index < -0.39 is 0 Å². The number of amides is 1. The summed E-state index contributed by atoms with van der Waals surface area (Å²) in [7, 11) is 0. The van der Waals surface area contributed by atoms with E-state index >= 15 is 0 Å². The molecule has 2 aliphatic rings. The van der Waals surface area contributed by atoms with Crippen molar-refractivity contribution in [3.8, 4) is 16.2 Å². The third-order valence-electron chi connectivity index (χ3n) is 4.48. The zero-order chi connectivity index (χ0) is 15.1. The van der Waals surface area contributed by atoms with Crippen LogP contribution in [0.25, 0.3) is 10.4 Å². The highest BCUT2D eigenvalue weighted by Crippen LogP contribution is 2.42. The molecule has 0 bridgehead atoms. The topological polar surface area (TPSA) is 29.5 Å². The molecule has 22 heavy (non-hydrogen) atoms. The van der Waals surface area contributed by atoms with Crippen LogP contribution in [-0.4, -0.2) is 23.9 Å². The maximum absolute atomic E-state index is 12.8. The van der Waals surface area contributed by atoms with Crippen LogP contribution in [0.4, 0.5) is 0 Å². The summed E-state index contributed by atoms with van der Waals surface area (Å²) in [6, 6.07) is 10.1. The molecular weight excluding hydrogens is 294 g/mol. The quantitative estimate of drug-likeness (QED) is 0.790. The minimum atomic E-state index is 0.184. The van der Waals surface area contributed by atoms with Gasteiger partial charge in [0.1, 0.15) is 12.4 Å². The smallest absolute Gasteiger partial charge is 0.263 e. The zero-order valence-corrected chi connectivity index (χ0v) is 13.5. The Morgan fingerprint density at radius 2 is 2.23 bits per heavy atom. The number of carbonyl (C=O) groups excluding carboxylic acids is 1. The predicted molar refractivity (Wildman–Crippen MR) is 88.4 cm³/mol. The number of hydrogen-bond acceptors (Lipinski definition) is 3. The fourth-order valence-electron chi connectivity index (χ4n) is 3.33. The SMILES string of the molecule is C[C@H]1CCCN(C(=O)c2cc3c(s2)-c2ccccc2OC3)C1. The van der Waals surface area contributed by atoms with Crippen molar-refractivity contribution in [2.75, 3.05) is 13.1 Å². The van der Waals surface area contributed by atoms with Crippen molar-refractivity contribution in [2.24, 2.45) is 5.92 Å². The number of hydrogen-bond donors (Lipinski definition) is 0. The highest BCUT2D eigenvalue weighted by atomic mass is 32.1. The molecule has 0 saturated carbocycles. The Kier molecular flexibility index (Phi) is 3.41. The van der Waals surface area contributed by atoms with Crippen LogP contribution in [-0.2, 0) is 6.61 Å². The number of ether oxygens (including phenoxy) is 1. The Labute approximate surface area is 134 Å². The molecule has 2 aliphatic heterocycles. The van der Waals surface area contributed by atoms with Gasteiger partial charge in [0.25, 0.3) is 5.91 Å². The molecule has 0 radical (unpaired) electrons. The lowest BCUT2D eigenvalue weighted by Crippen LogP contribution is -2.38.